The molecule has 2 aliphatic rings. The Hall–Kier alpha value is -1.39. The zero-order valence-electron chi connectivity index (χ0n) is 12.9. The van der Waals surface area contributed by atoms with E-state index < -0.39 is 0 Å². The standard InChI is InChI=1S/C17H23N3O/c1-12-7-14-9-18-19-16(14)8-15(12)13-3-5-20(6-4-13)17(2)10-21-11-17/h7-9,13H,3-6,10-11H2,1-2H3,(H,18,19). The number of fused-ring (bicyclic) bond motifs is 1. The van der Waals surface area contributed by atoms with Crippen molar-refractivity contribution in [2.24, 2.45) is 0 Å². The van der Waals surface area contributed by atoms with Crippen molar-refractivity contribution in [1.29, 1.82) is 0 Å². The first-order valence-corrected chi connectivity index (χ1v) is 7.92. The van der Waals surface area contributed by atoms with Crippen LogP contribution in [0.25, 0.3) is 10.9 Å². The predicted octanol–water partition coefficient (Wildman–Crippen LogP) is 2.84. The molecule has 4 heteroatoms. The van der Waals surface area contributed by atoms with Crippen LogP contribution in [0.3, 0.4) is 0 Å². The van der Waals surface area contributed by atoms with Gasteiger partial charge in [-0.15, -0.1) is 0 Å². The first-order chi connectivity index (χ1) is 10.2. The molecule has 0 aliphatic carbocycles. The van der Waals surface area contributed by atoms with Crippen LogP contribution in [0.15, 0.2) is 18.3 Å². The molecule has 0 saturated carbocycles. The van der Waals surface area contributed by atoms with Crippen LogP contribution in [0.1, 0.15) is 36.8 Å². The van der Waals surface area contributed by atoms with Gasteiger partial charge in [0.2, 0.25) is 0 Å². The van der Waals surface area contributed by atoms with Gasteiger partial charge in [-0.05, 0) is 69.0 Å². The average molecular weight is 285 g/mol. The van der Waals surface area contributed by atoms with Crippen LogP contribution >= 0.6 is 0 Å². The van der Waals surface area contributed by atoms with E-state index in [1.807, 2.05) is 6.20 Å². The van der Waals surface area contributed by atoms with Gasteiger partial charge in [0, 0.05) is 5.39 Å². The highest BCUT2D eigenvalue weighted by molar-refractivity contribution is 5.79. The lowest BCUT2D eigenvalue weighted by Crippen LogP contribution is -2.61. The van der Waals surface area contributed by atoms with E-state index in [1.54, 1.807) is 0 Å². The van der Waals surface area contributed by atoms with Crippen molar-refractivity contribution in [3.8, 4) is 0 Å². The second-order valence-electron chi connectivity index (χ2n) is 6.92. The normalized spacial score (nSPS) is 23.3. The number of rotatable bonds is 2. The van der Waals surface area contributed by atoms with Gasteiger partial charge in [-0.3, -0.25) is 10.00 Å². The van der Waals surface area contributed by atoms with E-state index in [0.717, 1.165) is 18.7 Å². The van der Waals surface area contributed by atoms with Gasteiger partial charge >= 0.3 is 0 Å². The number of ether oxygens (including phenoxy) is 1. The first-order valence-electron chi connectivity index (χ1n) is 7.92. The Morgan fingerprint density at radius 2 is 2.05 bits per heavy atom. The lowest BCUT2D eigenvalue weighted by Gasteiger charge is -2.50. The highest BCUT2D eigenvalue weighted by Crippen LogP contribution is 2.36. The number of likely N-dealkylation sites (tertiary alicyclic amines) is 1. The molecule has 0 amide bonds. The second-order valence-corrected chi connectivity index (χ2v) is 6.92. The van der Waals surface area contributed by atoms with Crippen LogP contribution in [-0.4, -0.2) is 46.9 Å². The Balaban J connectivity index is 1.53. The van der Waals surface area contributed by atoms with Crippen molar-refractivity contribution < 1.29 is 4.74 Å². The first kappa shape index (κ1) is 13.3. The van der Waals surface area contributed by atoms with Gasteiger partial charge in [0.25, 0.3) is 0 Å². The Morgan fingerprint density at radius 1 is 1.29 bits per heavy atom. The maximum Gasteiger partial charge on any atom is 0.0671 e. The molecule has 4 rings (SSSR count). The molecule has 0 bridgehead atoms. The summed E-state index contributed by atoms with van der Waals surface area (Å²) in [5, 5.41) is 8.46. The van der Waals surface area contributed by atoms with E-state index in [0.29, 0.717) is 11.5 Å². The smallest absolute Gasteiger partial charge is 0.0671 e. The fourth-order valence-electron chi connectivity index (χ4n) is 3.87. The molecule has 2 saturated heterocycles. The topological polar surface area (TPSA) is 41.2 Å². The van der Waals surface area contributed by atoms with E-state index in [2.05, 4.69) is 41.1 Å². The van der Waals surface area contributed by atoms with Crippen LogP contribution in [-0.2, 0) is 4.74 Å². The Kier molecular flexibility index (Phi) is 3.05. The number of benzene rings is 1. The third kappa shape index (κ3) is 2.17. The van der Waals surface area contributed by atoms with Crippen LogP contribution in [0.4, 0.5) is 0 Å². The predicted molar refractivity (Wildman–Crippen MR) is 83.6 cm³/mol. The molecule has 2 aliphatic heterocycles. The number of nitrogens with zero attached hydrogens (tertiary/aromatic N) is 2. The molecule has 21 heavy (non-hydrogen) atoms. The summed E-state index contributed by atoms with van der Waals surface area (Å²) in [7, 11) is 0. The summed E-state index contributed by atoms with van der Waals surface area (Å²) in [6, 6.07) is 4.58. The van der Waals surface area contributed by atoms with Crippen molar-refractivity contribution in [1.82, 2.24) is 15.1 Å². The molecule has 3 heterocycles. The van der Waals surface area contributed by atoms with E-state index in [9.17, 15) is 0 Å². The summed E-state index contributed by atoms with van der Waals surface area (Å²) in [6.07, 6.45) is 4.40. The lowest BCUT2D eigenvalue weighted by atomic mass is 9.84. The molecule has 1 aromatic heterocycles. The molecule has 112 valence electrons. The molecular weight excluding hydrogens is 262 g/mol. The number of piperidine rings is 1. The number of hydrogen-bond donors (Lipinski definition) is 1. The van der Waals surface area contributed by atoms with Crippen LogP contribution in [0.2, 0.25) is 0 Å². The minimum atomic E-state index is 0.299. The summed E-state index contributed by atoms with van der Waals surface area (Å²) in [5.41, 5.74) is 4.37. The van der Waals surface area contributed by atoms with Gasteiger partial charge in [-0.25, -0.2) is 0 Å². The molecule has 1 N–H and O–H groups in total. The van der Waals surface area contributed by atoms with E-state index in [-0.39, 0.29) is 0 Å². The van der Waals surface area contributed by atoms with Crippen molar-refractivity contribution in [2.45, 2.75) is 38.1 Å². The quantitative estimate of drug-likeness (QED) is 0.922. The van der Waals surface area contributed by atoms with Crippen molar-refractivity contribution in [3.05, 3.63) is 29.5 Å². The zero-order chi connectivity index (χ0) is 14.4. The van der Waals surface area contributed by atoms with Gasteiger partial charge in [0.15, 0.2) is 0 Å². The molecule has 2 aromatic rings. The molecular formula is C17H23N3O. The minimum absolute atomic E-state index is 0.299. The fraction of sp³-hybridized carbons (Fsp3) is 0.588. The van der Waals surface area contributed by atoms with Crippen LogP contribution in [0, 0.1) is 6.92 Å². The van der Waals surface area contributed by atoms with Gasteiger partial charge < -0.3 is 4.74 Å². The van der Waals surface area contributed by atoms with Crippen LogP contribution < -0.4 is 0 Å². The number of nitrogens with one attached hydrogen (secondary N) is 1. The molecule has 2 fully saturated rings. The third-order valence-electron chi connectivity index (χ3n) is 5.35. The summed E-state index contributed by atoms with van der Waals surface area (Å²) >= 11 is 0. The van der Waals surface area contributed by atoms with Gasteiger partial charge in [0.1, 0.15) is 0 Å². The van der Waals surface area contributed by atoms with Gasteiger partial charge in [-0.1, -0.05) is 0 Å². The number of aromatic nitrogens is 2. The molecule has 0 spiro atoms. The molecule has 4 nitrogen and oxygen atoms in total. The summed E-state index contributed by atoms with van der Waals surface area (Å²) < 4.78 is 5.41. The summed E-state index contributed by atoms with van der Waals surface area (Å²) in [5.74, 6) is 0.679. The summed E-state index contributed by atoms with van der Waals surface area (Å²) in [6.45, 7) is 8.73. The maximum absolute atomic E-state index is 5.41. The summed E-state index contributed by atoms with van der Waals surface area (Å²) in [4.78, 5) is 2.62. The minimum Gasteiger partial charge on any atom is -0.377 e. The Bertz CT molecular complexity index is 651. The number of aromatic amines is 1. The SMILES string of the molecule is Cc1cc2cn[nH]c2cc1C1CCN(C2(C)COC2)CC1. The highest BCUT2D eigenvalue weighted by atomic mass is 16.5. The van der Waals surface area contributed by atoms with Gasteiger partial charge in [0.05, 0.1) is 30.5 Å². The van der Waals surface area contributed by atoms with Crippen molar-refractivity contribution in [3.63, 3.8) is 0 Å². The monoisotopic (exact) mass is 285 g/mol. The van der Waals surface area contributed by atoms with E-state index in [1.165, 1.54) is 42.4 Å². The largest absolute Gasteiger partial charge is 0.377 e. The van der Waals surface area contributed by atoms with Crippen LogP contribution in [0.5, 0.6) is 0 Å². The number of H-pyrrole nitrogens is 1. The molecule has 1 aromatic carbocycles. The molecule has 0 radical (unpaired) electrons. The maximum atomic E-state index is 5.41. The zero-order valence-corrected chi connectivity index (χ0v) is 12.9. The Labute approximate surface area is 125 Å². The molecule has 0 atom stereocenters. The van der Waals surface area contributed by atoms with E-state index >= 15 is 0 Å². The van der Waals surface area contributed by atoms with Crippen molar-refractivity contribution >= 4 is 10.9 Å². The highest BCUT2D eigenvalue weighted by Gasteiger charge is 2.40. The average Bonchev–Trinajstić information content (AvgIpc) is 2.91. The Morgan fingerprint density at radius 3 is 2.71 bits per heavy atom. The van der Waals surface area contributed by atoms with Gasteiger partial charge in [-0.2, -0.15) is 5.10 Å². The number of aryl methyl sites for hydroxylation is 1. The van der Waals surface area contributed by atoms with Crippen molar-refractivity contribution in [2.75, 3.05) is 26.3 Å². The third-order valence-corrected chi connectivity index (χ3v) is 5.35. The number of hydrogen-bond acceptors (Lipinski definition) is 3. The lowest BCUT2D eigenvalue weighted by molar-refractivity contribution is -0.136. The van der Waals surface area contributed by atoms with E-state index in [4.69, 9.17) is 4.74 Å². The second kappa shape index (κ2) is 4.82. The molecule has 0 unspecified atom stereocenters. The fourth-order valence-corrected chi connectivity index (χ4v) is 3.87.